The van der Waals surface area contributed by atoms with Crippen LogP contribution in [0.1, 0.15) is 23.6 Å². The Labute approximate surface area is 157 Å². The number of aryl methyl sites for hydroxylation is 1. The third-order valence-electron chi connectivity index (χ3n) is 4.32. The van der Waals surface area contributed by atoms with Gasteiger partial charge in [-0.15, -0.1) is 0 Å². The van der Waals surface area contributed by atoms with Crippen molar-refractivity contribution in [2.24, 2.45) is 0 Å². The minimum Gasteiger partial charge on any atom is -0.507 e. The average molecular weight is 365 g/mol. The topological polar surface area (TPSA) is 133 Å². The maximum absolute atomic E-state index is 10.7. The van der Waals surface area contributed by atoms with Gasteiger partial charge in [-0.25, -0.2) is 4.98 Å². The molecule has 0 amide bonds. The van der Waals surface area contributed by atoms with Crippen molar-refractivity contribution in [1.29, 1.82) is 0 Å². The Bertz CT molecular complexity index is 988. The van der Waals surface area contributed by atoms with Crippen molar-refractivity contribution in [3.63, 3.8) is 0 Å². The van der Waals surface area contributed by atoms with Crippen LogP contribution in [0.5, 0.6) is 11.5 Å². The molecule has 3 aromatic rings. The van der Waals surface area contributed by atoms with Gasteiger partial charge in [-0.3, -0.25) is 0 Å². The Kier molecular flexibility index (Phi) is 5.03. The summed E-state index contributed by atoms with van der Waals surface area (Å²) in [4.78, 5) is 7.95. The number of hydrogen-bond acceptors (Lipinski definition) is 7. The monoisotopic (exact) mass is 365 g/mol. The maximum atomic E-state index is 10.7. The van der Waals surface area contributed by atoms with Crippen molar-refractivity contribution < 1.29 is 9.84 Å². The Morgan fingerprint density at radius 2 is 1.89 bits per heavy atom. The highest BCUT2D eigenvalue weighted by Crippen LogP contribution is 2.40. The predicted molar refractivity (Wildman–Crippen MR) is 108 cm³/mol. The van der Waals surface area contributed by atoms with Crippen LogP contribution in [0.3, 0.4) is 0 Å². The van der Waals surface area contributed by atoms with Crippen molar-refractivity contribution in [1.82, 2.24) is 9.97 Å². The number of hydrogen-bond donors (Lipinski definition) is 4. The first-order chi connectivity index (χ1) is 12.9. The van der Waals surface area contributed by atoms with Crippen molar-refractivity contribution in [2.75, 3.05) is 23.8 Å². The van der Waals surface area contributed by atoms with Crippen molar-refractivity contribution >= 4 is 17.5 Å². The second kappa shape index (κ2) is 7.41. The average Bonchev–Trinajstić information content (AvgIpc) is 2.60. The van der Waals surface area contributed by atoms with Crippen molar-refractivity contribution in [3.05, 3.63) is 53.2 Å². The number of aromatic hydroxyl groups is 1. The van der Waals surface area contributed by atoms with E-state index < -0.39 is 0 Å². The molecule has 0 aliphatic heterocycles. The van der Waals surface area contributed by atoms with Crippen LogP contribution >= 0.6 is 0 Å². The lowest BCUT2D eigenvalue weighted by atomic mass is 9.97. The normalized spacial score (nSPS) is 10.7. The first kappa shape index (κ1) is 18.3. The number of phenols is 1. The van der Waals surface area contributed by atoms with Crippen LogP contribution in [0.25, 0.3) is 11.1 Å². The van der Waals surface area contributed by atoms with E-state index >= 15 is 0 Å². The van der Waals surface area contributed by atoms with Gasteiger partial charge in [-0.05, 0) is 48.7 Å². The van der Waals surface area contributed by atoms with Crippen molar-refractivity contribution in [3.8, 4) is 22.6 Å². The van der Waals surface area contributed by atoms with Gasteiger partial charge >= 0.3 is 0 Å². The highest BCUT2D eigenvalue weighted by Gasteiger charge is 2.16. The van der Waals surface area contributed by atoms with Crippen LogP contribution in [-0.2, 0) is 6.42 Å². The third kappa shape index (κ3) is 3.87. The molecule has 0 atom stereocenters. The number of anilines is 3. The maximum Gasteiger partial charge on any atom is 0.221 e. The molecule has 0 saturated carbocycles. The highest BCUT2D eigenvalue weighted by molar-refractivity contribution is 5.79. The fourth-order valence-corrected chi connectivity index (χ4v) is 2.90. The van der Waals surface area contributed by atoms with E-state index in [1.807, 2.05) is 38.1 Å². The third-order valence-corrected chi connectivity index (χ3v) is 4.32. The molecule has 0 radical (unpaired) electrons. The molecule has 0 bridgehead atoms. The largest absolute Gasteiger partial charge is 0.507 e. The number of nitrogen functional groups attached to an aromatic ring is 3. The summed E-state index contributed by atoms with van der Waals surface area (Å²) in [6, 6.07) is 9.22. The zero-order valence-corrected chi connectivity index (χ0v) is 15.4. The molecule has 0 aliphatic rings. The number of nitrogens with zero attached hydrogens (tertiary/aromatic N) is 2. The van der Waals surface area contributed by atoms with Gasteiger partial charge in [0, 0.05) is 23.9 Å². The molecule has 0 aliphatic carbocycles. The highest BCUT2D eigenvalue weighted by atomic mass is 16.5. The van der Waals surface area contributed by atoms with Gasteiger partial charge in [-0.1, -0.05) is 12.1 Å². The van der Waals surface area contributed by atoms with E-state index in [1.165, 1.54) is 0 Å². The summed E-state index contributed by atoms with van der Waals surface area (Å²) < 4.78 is 5.79. The van der Waals surface area contributed by atoms with Gasteiger partial charge in [0.1, 0.15) is 17.3 Å². The molecular weight excluding hydrogens is 342 g/mol. The fourth-order valence-electron chi connectivity index (χ4n) is 2.90. The fraction of sp³-hybridized carbons (Fsp3) is 0.200. The second-order valence-electron chi connectivity index (χ2n) is 6.31. The predicted octanol–water partition coefficient (Wildman–Crippen LogP) is 2.89. The minimum atomic E-state index is 0.106. The van der Waals surface area contributed by atoms with Gasteiger partial charge in [0.05, 0.1) is 12.2 Å². The molecule has 2 aromatic carbocycles. The molecule has 1 aromatic heterocycles. The first-order valence-electron chi connectivity index (χ1n) is 8.61. The zero-order chi connectivity index (χ0) is 19.6. The van der Waals surface area contributed by atoms with Crippen LogP contribution in [-0.4, -0.2) is 21.7 Å². The van der Waals surface area contributed by atoms with E-state index in [9.17, 15) is 5.11 Å². The molecule has 7 N–H and O–H groups in total. The SMILES string of the molecule is CCOc1cc(Cc2cnc(N)nc2N)cc(O)c1-c1ccc(C)c(N)c1. The summed E-state index contributed by atoms with van der Waals surface area (Å²) in [6.45, 7) is 4.29. The zero-order valence-electron chi connectivity index (χ0n) is 15.4. The van der Waals surface area contributed by atoms with Crippen LogP contribution in [0.15, 0.2) is 36.5 Å². The molecule has 0 spiro atoms. The Balaban J connectivity index is 2.05. The van der Waals surface area contributed by atoms with E-state index in [1.54, 1.807) is 12.3 Å². The molecule has 3 rings (SSSR count). The number of rotatable bonds is 5. The Morgan fingerprint density at radius 1 is 1.11 bits per heavy atom. The summed E-state index contributed by atoms with van der Waals surface area (Å²) in [5.41, 5.74) is 22.1. The van der Waals surface area contributed by atoms with Crippen LogP contribution in [0.4, 0.5) is 17.5 Å². The summed E-state index contributed by atoms with van der Waals surface area (Å²) >= 11 is 0. The minimum absolute atomic E-state index is 0.106. The van der Waals surface area contributed by atoms with E-state index in [4.69, 9.17) is 21.9 Å². The Hall–Kier alpha value is -3.48. The molecule has 7 heteroatoms. The molecule has 7 nitrogen and oxygen atoms in total. The molecule has 140 valence electrons. The van der Waals surface area contributed by atoms with E-state index in [0.717, 1.165) is 22.3 Å². The number of nitrogens with two attached hydrogens (primary N) is 3. The lowest BCUT2D eigenvalue weighted by Crippen LogP contribution is -2.04. The standard InChI is InChI=1S/C20H23N5O2/c1-3-27-17-8-12(6-14-10-24-20(23)25-19(14)22)7-16(26)18(17)13-5-4-11(2)15(21)9-13/h4-5,7-10,26H,3,6,21H2,1-2H3,(H4,22,23,24,25). The van der Waals surface area contributed by atoms with Gasteiger partial charge in [0.25, 0.3) is 0 Å². The molecular formula is C20H23N5O2. The molecule has 0 saturated heterocycles. The number of benzene rings is 2. The van der Waals surface area contributed by atoms with E-state index in [0.29, 0.717) is 35.8 Å². The summed E-state index contributed by atoms with van der Waals surface area (Å²) in [7, 11) is 0. The Morgan fingerprint density at radius 3 is 2.56 bits per heavy atom. The molecule has 27 heavy (non-hydrogen) atoms. The second-order valence-corrected chi connectivity index (χ2v) is 6.31. The smallest absolute Gasteiger partial charge is 0.221 e. The van der Waals surface area contributed by atoms with E-state index in [2.05, 4.69) is 9.97 Å². The summed E-state index contributed by atoms with van der Waals surface area (Å²) in [6.07, 6.45) is 2.03. The van der Waals surface area contributed by atoms with Gasteiger partial charge in [-0.2, -0.15) is 4.98 Å². The van der Waals surface area contributed by atoms with Gasteiger partial charge in [0.2, 0.25) is 5.95 Å². The van der Waals surface area contributed by atoms with Crippen LogP contribution in [0, 0.1) is 6.92 Å². The lowest BCUT2D eigenvalue weighted by molar-refractivity contribution is 0.339. The van der Waals surface area contributed by atoms with E-state index in [-0.39, 0.29) is 11.7 Å². The lowest BCUT2D eigenvalue weighted by Gasteiger charge is -2.16. The number of phenolic OH excluding ortho intramolecular Hbond substituents is 1. The molecule has 1 heterocycles. The number of aromatic nitrogens is 2. The summed E-state index contributed by atoms with van der Waals surface area (Å²) in [5, 5.41) is 10.7. The number of ether oxygens (including phenoxy) is 1. The molecule has 0 unspecified atom stereocenters. The van der Waals surface area contributed by atoms with Crippen molar-refractivity contribution in [2.45, 2.75) is 20.3 Å². The van der Waals surface area contributed by atoms with Gasteiger partial charge < -0.3 is 27.0 Å². The van der Waals surface area contributed by atoms with Crippen LogP contribution in [0.2, 0.25) is 0 Å². The van der Waals surface area contributed by atoms with Crippen LogP contribution < -0.4 is 21.9 Å². The summed E-state index contributed by atoms with van der Waals surface area (Å²) in [5.74, 6) is 1.12. The molecule has 0 fully saturated rings. The van der Waals surface area contributed by atoms with Gasteiger partial charge in [0.15, 0.2) is 0 Å². The quantitative estimate of drug-likeness (QED) is 0.511. The first-order valence-corrected chi connectivity index (χ1v) is 8.61.